The van der Waals surface area contributed by atoms with Crippen molar-refractivity contribution in [3.63, 3.8) is 0 Å². The molecular formula is C54H66N16O5. The molecule has 8 aromatic rings. The number of carbonyl (C=O) groups is 2. The van der Waals surface area contributed by atoms with Gasteiger partial charge in [-0.25, -0.2) is 39.9 Å². The van der Waals surface area contributed by atoms with Crippen molar-refractivity contribution in [2.45, 2.75) is 78.6 Å². The molecule has 392 valence electrons. The summed E-state index contributed by atoms with van der Waals surface area (Å²) in [5.41, 5.74) is 12.8. The van der Waals surface area contributed by atoms with E-state index in [1.54, 1.807) is 45.6 Å². The standard InChI is InChI=1S/C27H32N8O2.C23H25N7O.C4H9NO2/c1-17(2)35-16-29-26-23(35)13-22(32-27(26)37-5)21-8-10-28-24(31-21)12-19-7-6-18-14-34(11-9-20(18)30-19)25(36)15-33(3)4;1-14(2)30-13-26-22-20(30)11-19(29-23(22)31-3)18-7-9-25-21(28-18)10-16-5-4-15-12-24-8-6-17(15)27-16;1-5(2)3-4(6)7/h6-8,10,13,16-17H,9,11-12,14-15H2,1-5H3;4-5,7,9,11,13-14,24H,6,8,10,12H2,1-3H3;3H2,1-2H3,(H,6,7). The van der Waals surface area contributed by atoms with Gasteiger partial charge >= 0.3 is 5.97 Å². The van der Waals surface area contributed by atoms with Crippen molar-refractivity contribution >= 4 is 33.9 Å². The Hall–Kier alpha value is -7.88. The van der Waals surface area contributed by atoms with Gasteiger partial charge < -0.3 is 38.8 Å². The number of methoxy groups -OCH3 is 2. The highest BCUT2D eigenvalue weighted by molar-refractivity contribution is 5.85. The predicted octanol–water partition coefficient (Wildman–Crippen LogP) is 5.65. The number of aromatic nitrogens is 12. The maximum Gasteiger partial charge on any atom is 0.317 e. The largest absolute Gasteiger partial charge is 0.480 e. The van der Waals surface area contributed by atoms with Crippen LogP contribution in [0.15, 0.2) is 73.6 Å². The first kappa shape index (κ1) is 53.4. The number of hydrogen-bond donors (Lipinski definition) is 2. The molecule has 75 heavy (non-hydrogen) atoms. The predicted molar refractivity (Wildman–Crippen MR) is 284 cm³/mol. The van der Waals surface area contributed by atoms with Gasteiger partial charge in [0, 0.05) is 86.3 Å². The van der Waals surface area contributed by atoms with E-state index < -0.39 is 5.97 Å². The van der Waals surface area contributed by atoms with Gasteiger partial charge in [0.1, 0.15) is 11.6 Å². The number of carboxylic acid groups (broad SMARTS) is 1. The summed E-state index contributed by atoms with van der Waals surface area (Å²) in [5.74, 6) is 1.72. The molecule has 0 saturated heterocycles. The van der Waals surface area contributed by atoms with E-state index in [1.165, 1.54) is 11.3 Å². The van der Waals surface area contributed by atoms with Gasteiger partial charge in [0.05, 0.1) is 86.6 Å². The number of fused-ring (bicyclic) bond motifs is 4. The second-order valence-corrected chi connectivity index (χ2v) is 19.5. The smallest absolute Gasteiger partial charge is 0.317 e. The van der Waals surface area contributed by atoms with Crippen molar-refractivity contribution in [2.24, 2.45) is 0 Å². The average Bonchev–Trinajstić information content (AvgIpc) is 4.04. The van der Waals surface area contributed by atoms with E-state index in [-0.39, 0.29) is 24.5 Å². The highest BCUT2D eigenvalue weighted by Gasteiger charge is 2.23. The number of carboxylic acids is 1. The summed E-state index contributed by atoms with van der Waals surface area (Å²) < 4.78 is 15.3. The van der Waals surface area contributed by atoms with Crippen LogP contribution in [0.1, 0.15) is 85.3 Å². The molecule has 2 N–H and O–H groups in total. The molecule has 0 aromatic carbocycles. The summed E-state index contributed by atoms with van der Waals surface area (Å²) in [5, 5.41) is 11.4. The highest BCUT2D eigenvalue weighted by atomic mass is 16.5. The summed E-state index contributed by atoms with van der Waals surface area (Å²) in [7, 11) is 10.5. The van der Waals surface area contributed by atoms with Crippen LogP contribution < -0.4 is 14.8 Å². The van der Waals surface area contributed by atoms with Crippen LogP contribution in [0.2, 0.25) is 0 Å². The number of carbonyl (C=O) groups excluding carboxylic acids is 1. The minimum Gasteiger partial charge on any atom is -0.480 e. The number of imidazole rings is 2. The van der Waals surface area contributed by atoms with Crippen LogP contribution in [0.5, 0.6) is 11.8 Å². The van der Waals surface area contributed by atoms with Gasteiger partial charge in [-0.05, 0) is 103 Å². The number of amides is 1. The van der Waals surface area contributed by atoms with Crippen LogP contribution in [-0.4, -0.2) is 159 Å². The van der Waals surface area contributed by atoms with E-state index in [4.69, 9.17) is 34.5 Å². The van der Waals surface area contributed by atoms with Gasteiger partial charge in [-0.2, -0.15) is 0 Å². The van der Waals surface area contributed by atoms with Gasteiger partial charge in [0.25, 0.3) is 0 Å². The first-order chi connectivity index (χ1) is 36.1. The van der Waals surface area contributed by atoms with E-state index in [0.717, 1.165) is 93.5 Å². The molecule has 0 radical (unpaired) electrons. The fourth-order valence-corrected chi connectivity index (χ4v) is 8.85. The normalized spacial score (nSPS) is 13.1. The third kappa shape index (κ3) is 13.1. The number of rotatable bonds is 14. The number of pyridine rings is 4. The van der Waals surface area contributed by atoms with E-state index >= 15 is 0 Å². The Morgan fingerprint density at radius 1 is 0.640 bits per heavy atom. The number of likely N-dealkylation sites (N-methyl/N-ethyl adjacent to an activating group) is 2. The lowest BCUT2D eigenvalue weighted by molar-refractivity contribution is -0.137. The van der Waals surface area contributed by atoms with Gasteiger partial charge in [0.2, 0.25) is 17.7 Å². The number of ether oxygens (including phenoxy) is 2. The molecule has 0 atom stereocenters. The van der Waals surface area contributed by atoms with Gasteiger partial charge in [0.15, 0.2) is 11.0 Å². The summed E-state index contributed by atoms with van der Waals surface area (Å²) in [6, 6.07) is 16.6. The molecule has 0 aliphatic carbocycles. The Labute approximate surface area is 436 Å². The Morgan fingerprint density at radius 3 is 1.61 bits per heavy atom. The summed E-state index contributed by atoms with van der Waals surface area (Å²) in [6.45, 7) is 12.1. The van der Waals surface area contributed by atoms with E-state index in [0.29, 0.717) is 55.8 Å². The second-order valence-electron chi connectivity index (χ2n) is 19.5. The molecule has 1 amide bonds. The SMILES string of the molecule is CN(C)CC(=O)O.COc1nc(-c2ccnc(Cc3ccc4c(n3)CCN(C(=O)CN(C)C)C4)n2)cc2c1ncn2C(C)C.COc1nc(-c2ccnc(Cc3ccc4c(n3)CCNC4)n2)cc2c1ncn2C(C)C. The maximum atomic E-state index is 12.5. The molecule has 8 aromatic heterocycles. The number of aliphatic carboxylic acids is 1. The first-order valence-corrected chi connectivity index (χ1v) is 25.0. The van der Waals surface area contributed by atoms with Crippen molar-refractivity contribution in [3.8, 4) is 34.5 Å². The van der Waals surface area contributed by atoms with Gasteiger partial charge in [-0.15, -0.1) is 0 Å². The van der Waals surface area contributed by atoms with Crippen molar-refractivity contribution in [1.82, 2.24) is 79.0 Å². The molecule has 10 rings (SSSR count). The molecule has 0 fully saturated rings. The van der Waals surface area contributed by atoms with Crippen LogP contribution in [-0.2, 0) is 48.4 Å². The van der Waals surface area contributed by atoms with E-state index in [2.05, 4.69) is 90.2 Å². The van der Waals surface area contributed by atoms with Gasteiger partial charge in [-0.3, -0.25) is 24.5 Å². The molecular weight excluding hydrogens is 953 g/mol. The molecule has 0 spiro atoms. The van der Waals surface area contributed by atoms with Crippen LogP contribution in [0.4, 0.5) is 0 Å². The minimum absolute atomic E-state index is 0.111. The first-order valence-electron chi connectivity index (χ1n) is 25.0. The lowest BCUT2D eigenvalue weighted by Gasteiger charge is -2.29. The van der Waals surface area contributed by atoms with Crippen molar-refractivity contribution in [3.05, 3.63) is 119 Å². The monoisotopic (exact) mass is 1020 g/mol. The lowest BCUT2D eigenvalue weighted by atomic mass is 10.0. The molecule has 0 bridgehead atoms. The molecule has 2 aliphatic rings. The Kier molecular flexibility index (Phi) is 17.1. The molecule has 10 heterocycles. The minimum atomic E-state index is -0.787. The zero-order chi connectivity index (χ0) is 53.3. The maximum absolute atomic E-state index is 12.5. The molecule has 21 nitrogen and oxygen atoms in total. The van der Waals surface area contributed by atoms with Crippen LogP contribution >= 0.6 is 0 Å². The third-order valence-electron chi connectivity index (χ3n) is 12.5. The van der Waals surface area contributed by atoms with Crippen molar-refractivity contribution in [1.29, 1.82) is 0 Å². The Balaban J connectivity index is 0.000000179. The van der Waals surface area contributed by atoms with E-state index in [1.807, 2.05) is 66.9 Å². The molecule has 21 heteroatoms. The summed E-state index contributed by atoms with van der Waals surface area (Å²) in [4.78, 5) is 74.2. The summed E-state index contributed by atoms with van der Waals surface area (Å²) in [6.07, 6.45) is 9.96. The lowest BCUT2D eigenvalue weighted by Crippen LogP contribution is -2.41. The van der Waals surface area contributed by atoms with Gasteiger partial charge in [-0.1, -0.05) is 12.1 Å². The molecule has 0 saturated carbocycles. The molecule has 2 aliphatic heterocycles. The Bertz CT molecular complexity index is 3300. The highest BCUT2D eigenvalue weighted by Crippen LogP contribution is 2.31. The average molecular weight is 1020 g/mol. The number of hydrogen-bond acceptors (Lipinski definition) is 17. The third-order valence-corrected chi connectivity index (χ3v) is 12.5. The number of nitrogens with zero attached hydrogens (tertiary/aromatic N) is 15. The van der Waals surface area contributed by atoms with Crippen molar-refractivity contribution in [2.75, 3.05) is 68.6 Å². The Morgan fingerprint density at radius 2 is 1.15 bits per heavy atom. The summed E-state index contributed by atoms with van der Waals surface area (Å²) >= 11 is 0. The van der Waals surface area contributed by atoms with E-state index in [9.17, 15) is 9.59 Å². The quantitative estimate of drug-likeness (QED) is 0.134. The number of nitrogens with one attached hydrogen (secondary N) is 1. The van der Waals surface area contributed by atoms with Crippen molar-refractivity contribution < 1.29 is 24.2 Å². The molecule has 0 unspecified atom stereocenters. The zero-order valence-corrected chi connectivity index (χ0v) is 44.4. The van der Waals surface area contributed by atoms with Crippen LogP contribution in [0, 0.1) is 0 Å². The second kappa shape index (κ2) is 24.0. The fourth-order valence-electron chi connectivity index (χ4n) is 8.85. The topological polar surface area (TPSA) is 233 Å². The zero-order valence-electron chi connectivity index (χ0n) is 44.4. The van der Waals surface area contributed by atoms with Crippen LogP contribution in [0.3, 0.4) is 0 Å². The van der Waals surface area contributed by atoms with Crippen LogP contribution in [0.25, 0.3) is 44.8 Å². The fraction of sp³-hybridized carbons (Fsp3) is 0.407.